The molecule has 0 aromatic carbocycles. The van der Waals surface area contributed by atoms with Crippen molar-refractivity contribution in [3.63, 3.8) is 0 Å². The van der Waals surface area contributed by atoms with Crippen LogP contribution in [0, 0.1) is 0 Å². The van der Waals surface area contributed by atoms with Crippen LogP contribution in [0.2, 0.25) is 0 Å². The maximum atomic E-state index is 4.23. The first-order valence-corrected chi connectivity index (χ1v) is 3.27. The fourth-order valence-corrected chi connectivity index (χ4v) is 0.985. The van der Waals surface area contributed by atoms with Gasteiger partial charge in [0.1, 0.15) is 0 Å². The van der Waals surface area contributed by atoms with Crippen molar-refractivity contribution >= 4 is 18.8 Å². The molecule has 3 heteroatoms. The Morgan fingerprint density at radius 3 is 2.78 bits per heavy atom. The van der Waals surface area contributed by atoms with E-state index in [1.807, 2.05) is 19.9 Å². The highest BCUT2D eigenvalue weighted by atomic mass is 32.1. The Hall–Kier alpha value is -0.440. The van der Waals surface area contributed by atoms with Crippen molar-refractivity contribution in [2.75, 3.05) is 0 Å². The van der Waals surface area contributed by atoms with Crippen molar-refractivity contribution < 1.29 is 0 Å². The van der Waals surface area contributed by atoms with E-state index in [1.54, 1.807) is 6.21 Å². The zero-order chi connectivity index (χ0) is 6.91. The molecule has 9 heavy (non-hydrogen) atoms. The van der Waals surface area contributed by atoms with Gasteiger partial charge in [-0.25, -0.2) is 0 Å². The van der Waals surface area contributed by atoms with Crippen LogP contribution in [0.5, 0.6) is 0 Å². The standard InChI is InChI=1S/C6H10N2S/c1-5-3-4-7-6(2,9)8-5/h3-4,8-9H,1-2H3. The van der Waals surface area contributed by atoms with E-state index in [9.17, 15) is 0 Å². The van der Waals surface area contributed by atoms with Crippen LogP contribution < -0.4 is 5.32 Å². The van der Waals surface area contributed by atoms with Crippen molar-refractivity contribution in [2.24, 2.45) is 4.99 Å². The Morgan fingerprint density at radius 1 is 1.78 bits per heavy atom. The van der Waals surface area contributed by atoms with Gasteiger partial charge in [-0.15, -0.1) is 12.6 Å². The van der Waals surface area contributed by atoms with E-state index in [1.165, 1.54) is 0 Å². The molecule has 0 spiro atoms. The lowest BCUT2D eigenvalue weighted by molar-refractivity contribution is 0.587. The molecule has 1 unspecified atom stereocenters. The Balaban J connectivity index is 2.73. The predicted molar refractivity (Wildman–Crippen MR) is 42.8 cm³/mol. The highest BCUT2D eigenvalue weighted by Crippen LogP contribution is 2.14. The van der Waals surface area contributed by atoms with Crippen LogP contribution in [0.25, 0.3) is 0 Å². The molecule has 0 saturated carbocycles. The summed E-state index contributed by atoms with van der Waals surface area (Å²) in [4.78, 5) is 3.66. The quantitative estimate of drug-likeness (QED) is 0.487. The number of hydrogen-bond donors (Lipinski definition) is 2. The summed E-state index contributed by atoms with van der Waals surface area (Å²) in [5, 5.41) is 3.08. The Bertz CT molecular complexity index is 170. The number of hydrogen-bond acceptors (Lipinski definition) is 3. The maximum absolute atomic E-state index is 4.23. The van der Waals surface area contributed by atoms with Crippen molar-refractivity contribution in [3.05, 3.63) is 11.8 Å². The predicted octanol–water partition coefficient (Wildman–Crippen LogP) is 1.17. The first kappa shape index (κ1) is 6.68. The van der Waals surface area contributed by atoms with Gasteiger partial charge >= 0.3 is 0 Å². The molecule has 1 aliphatic heterocycles. The average Bonchev–Trinajstić information content (AvgIpc) is 1.60. The van der Waals surface area contributed by atoms with E-state index in [-0.39, 0.29) is 0 Å². The minimum Gasteiger partial charge on any atom is -0.357 e. The summed E-state index contributed by atoms with van der Waals surface area (Å²) in [6.07, 6.45) is 3.68. The third kappa shape index (κ3) is 1.75. The fourth-order valence-electron chi connectivity index (χ4n) is 0.742. The van der Waals surface area contributed by atoms with Crippen LogP contribution in [-0.4, -0.2) is 11.2 Å². The highest BCUT2D eigenvalue weighted by molar-refractivity contribution is 7.81. The number of nitrogens with zero attached hydrogens (tertiary/aromatic N) is 1. The van der Waals surface area contributed by atoms with E-state index >= 15 is 0 Å². The SMILES string of the molecule is CC1=CC=NC(C)(S)N1. The van der Waals surface area contributed by atoms with Gasteiger partial charge in [-0.2, -0.15) is 0 Å². The van der Waals surface area contributed by atoms with Crippen LogP contribution in [0.15, 0.2) is 16.8 Å². The smallest absolute Gasteiger partial charge is 0.171 e. The van der Waals surface area contributed by atoms with Crippen LogP contribution in [0.3, 0.4) is 0 Å². The van der Waals surface area contributed by atoms with E-state index in [0.717, 1.165) is 5.70 Å². The van der Waals surface area contributed by atoms with E-state index < -0.39 is 4.99 Å². The van der Waals surface area contributed by atoms with Crippen LogP contribution in [0.4, 0.5) is 0 Å². The molecule has 1 atom stereocenters. The molecule has 1 heterocycles. The Kier molecular flexibility index (Phi) is 1.53. The second kappa shape index (κ2) is 2.06. The van der Waals surface area contributed by atoms with Gasteiger partial charge in [0, 0.05) is 11.9 Å². The van der Waals surface area contributed by atoms with E-state index in [0.29, 0.717) is 0 Å². The zero-order valence-corrected chi connectivity index (χ0v) is 6.44. The number of thiol groups is 1. The molecule has 0 amide bonds. The van der Waals surface area contributed by atoms with E-state index in [2.05, 4.69) is 22.9 Å². The normalized spacial score (nSPS) is 33.4. The van der Waals surface area contributed by atoms with Crippen molar-refractivity contribution in [1.82, 2.24) is 5.32 Å². The van der Waals surface area contributed by atoms with Crippen LogP contribution in [0.1, 0.15) is 13.8 Å². The molecule has 2 nitrogen and oxygen atoms in total. The molecule has 0 saturated heterocycles. The minimum atomic E-state index is -0.404. The molecule has 0 bridgehead atoms. The molecule has 1 aliphatic rings. The lowest BCUT2D eigenvalue weighted by Crippen LogP contribution is -2.35. The Morgan fingerprint density at radius 2 is 2.44 bits per heavy atom. The summed E-state index contributed by atoms with van der Waals surface area (Å²) in [7, 11) is 0. The molecular formula is C6H10N2S. The fraction of sp³-hybridized carbons (Fsp3) is 0.500. The highest BCUT2D eigenvalue weighted by Gasteiger charge is 2.16. The average molecular weight is 142 g/mol. The molecule has 0 fully saturated rings. The van der Waals surface area contributed by atoms with Gasteiger partial charge in [0.2, 0.25) is 0 Å². The van der Waals surface area contributed by atoms with Gasteiger partial charge in [0.05, 0.1) is 0 Å². The number of rotatable bonds is 0. The largest absolute Gasteiger partial charge is 0.357 e. The minimum absolute atomic E-state index is 0.404. The molecule has 0 aromatic rings. The van der Waals surface area contributed by atoms with Crippen molar-refractivity contribution in [1.29, 1.82) is 0 Å². The number of allylic oxidation sites excluding steroid dienone is 2. The lowest BCUT2D eigenvalue weighted by Gasteiger charge is -2.24. The summed E-state index contributed by atoms with van der Waals surface area (Å²) >= 11 is 4.23. The molecule has 0 aliphatic carbocycles. The van der Waals surface area contributed by atoms with Crippen LogP contribution in [-0.2, 0) is 0 Å². The molecule has 1 rings (SSSR count). The first-order valence-electron chi connectivity index (χ1n) is 2.83. The lowest BCUT2D eigenvalue weighted by atomic mass is 10.3. The van der Waals surface area contributed by atoms with Crippen molar-refractivity contribution in [2.45, 2.75) is 18.8 Å². The van der Waals surface area contributed by atoms with Gasteiger partial charge in [-0.3, -0.25) is 4.99 Å². The first-order chi connectivity index (χ1) is 4.10. The van der Waals surface area contributed by atoms with Gasteiger partial charge in [-0.1, -0.05) is 0 Å². The molecule has 0 radical (unpaired) electrons. The van der Waals surface area contributed by atoms with Crippen molar-refractivity contribution in [3.8, 4) is 0 Å². The van der Waals surface area contributed by atoms with Gasteiger partial charge < -0.3 is 5.32 Å². The summed E-state index contributed by atoms with van der Waals surface area (Å²) in [6.45, 7) is 3.89. The van der Waals surface area contributed by atoms with Gasteiger partial charge in [0.15, 0.2) is 4.99 Å². The number of aliphatic imine (C=N–C) groups is 1. The summed E-state index contributed by atoms with van der Waals surface area (Å²) < 4.78 is 0. The zero-order valence-electron chi connectivity index (χ0n) is 5.55. The molecule has 0 aromatic heterocycles. The summed E-state index contributed by atoms with van der Waals surface area (Å²) in [6, 6.07) is 0. The molecule has 1 N–H and O–H groups in total. The van der Waals surface area contributed by atoms with Gasteiger partial charge in [-0.05, 0) is 19.9 Å². The topological polar surface area (TPSA) is 24.4 Å². The number of nitrogens with one attached hydrogen (secondary N) is 1. The van der Waals surface area contributed by atoms with Gasteiger partial charge in [0.25, 0.3) is 0 Å². The third-order valence-electron chi connectivity index (χ3n) is 1.08. The second-order valence-electron chi connectivity index (χ2n) is 2.27. The summed E-state index contributed by atoms with van der Waals surface area (Å²) in [5.74, 6) is 0. The molecular weight excluding hydrogens is 132 g/mol. The maximum Gasteiger partial charge on any atom is 0.171 e. The Labute approximate surface area is 60.5 Å². The molecule has 50 valence electrons. The summed E-state index contributed by atoms with van der Waals surface area (Å²) in [5.41, 5.74) is 1.10. The monoisotopic (exact) mass is 142 g/mol. The second-order valence-corrected chi connectivity index (χ2v) is 3.14. The van der Waals surface area contributed by atoms with Crippen LogP contribution >= 0.6 is 12.6 Å². The van der Waals surface area contributed by atoms with E-state index in [4.69, 9.17) is 0 Å². The third-order valence-corrected chi connectivity index (χ3v) is 1.31.